The summed E-state index contributed by atoms with van der Waals surface area (Å²) in [7, 11) is -2.07. The number of sulfonamides is 1. The summed E-state index contributed by atoms with van der Waals surface area (Å²) >= 11 is 6.48. The van der Waals surface area contributed by atoms with Crippen LogP contribution in [0.25, 0.3) is 0 Å². The molecule has 0 bridgehead atoms. The van der Waals surface area contributed by atoms with E-state index >= 15 is 0 Å². The minimum Gasteiger partial charge on any atom is -0.493 e. The molecule has 6 nitrogen and oxygen atoms in total. The van der Waals surface area contributed by atoms with E-state index in [9.17, 15) is 8.42 Å². The number of nitrogens with one attached hydrogen (secondary N) is 1. The second-order valence-corrected chi connectivity index (χ2v) is 9.39. The first-order valence-corrected chi connectivity index (χ1v) is 12.1. The molecule has 0 heterocycles. The van der Waals surface area contributed by atoms with Crippen LogP contribution in [0.1, 0.15) is 22.3 Å². The van der Waals surface area contributed by atoms with E-state index in [4.69, 9.17) is 26.2 Å². The van der Waals surface area contributed by atoms with Crippen molar-refractivity contribution in [1.29, 1.82) is 0 Å². The van der Waals surface area contributed by atoms with Crippen molar-refractivity contribution in [3.8, 4) is 11.5 Å². The number of ether oxygens (including phenoxy) is 2. The van der Waals surface area contributed by atoms with Crippen LogP contribution in [-0.2, 0) is 29.6 Å². The van der Waals surface area contributed by atoms with Crippen LogP contribution >= 0.6 is 11.6 Å². The predicted octanol–water partition coefficient (Wildman–Crippen LogP) is 4.22. The monoisotopic (exact) mass is 474 g/mol. The third-order valence-corrected chi connectivity index (χ3v) is 6.42. The van der Waals surface area contributed by atoms with Crippen molar-refractivity contribution < 1.29 is 17.9 Å². The molecule has 0 saturated heterocycles. The lowest BCUT2D eigenvalue weighted by Crippen LogP contribution is -2.17. The molecule has 8 heteroatoms. The lowest BCUT2D eigenvalue weighted by molar-refractivity contribution is 0.283. The quantitative estimate of drug-likeness (QED) is 0.429. The number of benzene rings is 3. The highest BCUT2D eigenvalue weighted by Gasteiger charge is 2.12. The molecule has 0 spiro atoms. The van der Waals surface area contributed by atoms with Crippen LogP contribution in [0.4, 0.5) is 0 Å². The first-order valence-electron chi connectivity index (χ1n) is 10.1. The molecule has 0 unspecified atom stereocenters. The number of primary sulfonamides is 1. The zero-order valence-electron chi connectivity index (χ0n) is 18.1. The molecular weight excluding hydrogens is 448 g/mol. The van der Waals surface area contributed by atoms with Gasteiger partial charge in [0.05, 0.1) is 12.0 Å². The van der Waals surface area contributed by atoms with Gasteiger partial charge in [0.25, 0.3) is 0 Å². The maximum atomic E-state index is 11.3. The Morgan fingerprint density at radius 2 is 1.72 bits per heavy atom. The number of halogens is 1. The molecule has 3 rings (SSSR count). The first-order chi connectivity index (χ1) is 15.3. The van der Waals surface area contributed by atoms with E-state index in [-0.39, 0.29) is 4.90 Å². The summed E-state index contributed by atoms with van der Waals surface area (Å²) in [6, 6.07) is 18.3. The van der Waals surface area contributed by atoms with Gasteiger partial charge < -0.3 is 14.8 Å². The summed E-state index contributed by atoms with van der Waals surface area (Å²) < 4.78 is 34.1. The standard InChI is InChI=1S/C24H27ClN2O4S/c1-17-5-3-4-6-19(17)16-31-24-14-22(25)20(13-23(24)30-2)15-27-12-11-18-7-9-21(10-8-18)32(26,28)29/h3-10,13-14,27H,11-12,15-16H2,1-2H3,(H2,26,28,29). The maximum Gasteiger partial charge on any atom is 0.238 e. The second-order valence-electron chi connectivity index (χ2n) is 7.43. The molecule has 0 aliphatic rings. The summed E-state index contributed by atoms with van der Waals surface area (Å²) in [6.07, 6.45) is 0.733. The lowest BCUT2D eigenvalue weighted by Gasteiger charge is -2.15. The van der Waals surface area contributed by atoms with Gasteiger partial charge in [0.2, 0.25) is 10.0 Å². The van der Waals surface area contributed by atoms with Gasteiger partial charge in [0.1, 0.15) is 6.61 Å². The Hall–Kier alpha value is -2.58. The van der Waals surface area contributed by atoms with Gasteiger partial charge in [0.15, 0.2) is 11.5 Å². The Balaban J connectivity index is 1.57. The van der Waals surface area contributed by atoms with Crippen LogP contribution in [0, 0.1) is 6.92 Å². The molecule has 3 N–H and O–H groups in total. The van der Waals surface area contributed by atoms with Crippen molar-refractivity contribution in [1.82, 2.24) is 5.32 Å². The van der Waals surface area contributed by atoms with Crippen molar-refractivity contribution in [2.75, 3.05) is 13.7 Å². The van der Waals surface area contributed by atoms with Gasteiger partial charge >= 0.3 is 0 Å². The molecule has 0 aliphatic carbocycles. The summed E-state index contributed by atoms with van der Waals surface area (Å²) in [5, 5.41) is 9.07. The third kappa shape index (κ3) is 6.46. The summed E-state index contributed by atoms with van der Waals surface area (Å²) in [6.45, 7) is 3.73. The SMILES string of the molecule is COc1cc(CNCCc2ccc(S(N)(=O)=O)cc2)c(Cl)cc1OCc1ccccc1C. The summed E-state index contributed by atoms with van der Waals surface area (Å²) in [5.41, 5.74) is 4.18. The average molecular weight is 475 g/mol. The van der Waals surface area contributed by atoms with Crippen molar-refractivity contribution in [2.45, 2.75) is 31.4 Å². The van der Waals surface area contributed by atoms with Gasteiger partial charge in [-0.25, -0.2) is 13.6 Å². The molecule has 0 fully saturated rings. The number of rotatable bonds is 10. The molecule has 3 aromatic rings. The van der Waals surface area contributed by atoms with Crippen molar-refractivity contribution in [2.24, 2.45) is 5.14 Å². The highest BCUT2D eigenvalue weighted by atomic mass is 35.5. The molecule has 0 saturated carbocycles. The second kappa shape index (κ2) is 10.8. The molecule has 3 aromatic carbocycles. The number of hydrogen-bond donors (Lipinski definition) is 2. The van der Waals surface area contributed by atoms with Crippen LogP contribution in [-0.4, -0.2) is 22.1 Å². The van der Waals surface area contributed by atoms with Crippen LogP contribution in [0.5, 0.6) is 11.5 Å². The minimum atomic E-state index is -3.67. The highest BCUT2D eigenvalue weighted by Crippen LogP contribution is 2.34. The zero-order chi connectivity index (χ0) is 23.1. The van der Waals surface area contributed by atoms with Gasteiger partial charge in [0, 0.05) is 17.6 Å². The summed E-state index contributed by atoms with van der Waals surface area (Å²) in [5.74, 6) is 1.22. The molecule has 0 aromatic heterocycles. The topological polar surface area (TPSA) is 90.6 Å². The van der Waals surface area contributed by atoms with Gasteiger partial charge in [-0.3, -0.25) is 0 Å². The first kappa shape index (κ1) is 24.1. The number of aryl methyl sites for hydroxylation is 1. The van der Waals surface area contributed by atoms with Crippen molar-refractivity contribution >= 4 is 21.6 Å². The lowest BCUT2D eigenvalue weighted by atomic mass is 10.1. The Labute approximate surface area is 194 Å². The molecule has 0 atom stereocenters. The molecule has 32 heavy (non-hydrogen) atoms. The largest absolute Gasteiger partial charge is 0.493 e. The molecule has 0 aliphatic heterocycles. The number of nitrogens with two attached hydrogens (primary N) is 1. The van der Waals surface area contributed by atoms with Crippen molar-refractivity contribution in [3.63, 3.8) is 0 Å². The van der Waals surface area contributed by atoms with Crippen LogP contribution in [0.2, 0.25) is 5.02 Å². The van der Waals surface area contributed by atoms with E-state index in [0.29, 0.717) is 36.2 Å². The molecule has 0 amide bonds. The van der Waals surface area contributed by atoms with Crippen LogP contribution in [0.15, 0.2) is 65.6 Å². The third-order valence-electron chi connectivity index (χ3n) is 5.13. The Bertz CT molecular complexity index is 1170. The van der Waals surface area contributed by atoms with E-state index in [1.807, 2.05) is 37.3 Å². The van der Waals surface area contributed by atoms with Crippen LogP contribution < -0.4 is 19.9 Å². The van der Waals surface area contributed by atoms with Gasteiger partial charge in [-0.15, -0.1) is 0 Å². The maximum absolute atomic E-state index is 11.3. The van der Waals surface area contributed by atoms with Gasteiger partial charge in [-0.1, -0.05) is 48.0 Å². The van der Waals surface area contributed by atoms with E-state index in [1.165, 1.54) is 12.1 Å². The van der Waals surface area contributed by atoms with Crippen LogP contribution in [0.3, 0.4) is 0 Å². The zero-order valence-corrected chi connectivity index (χ0v) is 19.7. The molecular formula is C24H27ClN2O4S. The summed E-state index contributed by atoms with van der Waals surface area (Å²) in [4.78, 5) is 0.109. The molecule has 170 valence electrons. The minimum absolute atomic E-state index is 0.109. The fraction of sp³-hybridized carbons (Fsp3) is 0.250. The van der Waals surface area contributed by atoms with E-state index in [0.717, 1.165) is 28.7 Å². The van der Waals surface area contributed by atoms with Gasteiger partial charge in [-0.2, -0.15) is 0 Å². The van der Waals surface area contributed by atoms with E-state index in [1.54, 1.807) is 25.3 Å². The average Bonchev–Trinajstić information content (AvgIpc) is 2.77. The Morgan fingerprint density at radius 3 is 2.38 bits per heavy atom. The van der Waals surface area contributed by atoms with Crippen molar-refractivity contribution in [3.05, 3.63) is 87.9 Å². The smallest absolute Gasteiger partial charge is 0.238 e. The fourth-order valence-electron chi connectivity index (χ4n) is 3.21. The predicted molar refractivity (Wildman–Crippen MR) is 127 cm³/mol. The number of hydrogen-bond acceptors (Lipinski definition) is 5. The Morgan fingerprint density at radius 1 is 1.00 bits per heavy atom. The molecule has 0 radical (unpaired) electrons. The highest BCUT2D eigenvalue weighted by molar-refractivity contribution is 7.89. The Kier molecular flexibility index (Phi) is 8.15. The normalized spacial score (nSPS) is 11.4. The van der Waals surface area contributed by atoms with Gasteiger partial charge in [-0.05, 0) is 60.3 Å². The van der Waals surface area contributed by atoms with E-state index < -0.39 is 10.0 Å². The number of methoxy groups -OCH3 is 1. The van der Waals surface area contributed by atoms with E-state index in [2.05, 4.69) is 5.32 Å². The fourth-order valence-corrected chi connectivity index (χ4v) is 3.95.